The molecule has 0 radical (unpaired) electrons. The van der Waals surface area contributed by atoms with E-state index >= 15 is 0 Å². The molecule has 3 rings (SSSR count). The van der Waals surface area contributed by atoms with Crippen LogP contribution in [0.25, 0.3) is 0 Å². The Morgan fingerprint density at radius 1 is 1.07 bits per heavy atom. The molecule has 0 atom stereocenters. The van der Waals surface area contributed by atoms with E-state index in [0.29, 0.717) is 31.5 Å². The first kappa shape index (κ1) is 20.7. The van der Waals surface area contributed by atoms with Gasteiger partial charge in [0.2, 0.25) is 11.1 Å². The van der Waals surface area contributed by atoms with Gasteiger partial charge in [0, 0.05) is 0 Å². The third-order valence-corrected chi connectivity index (χ3v) is 4.79. The highest BCUT2D eigenvalue weighted by molar-refractivity contribution is 7.99. The Kier molecular flexibility index (Phi) is 7.88. The average Bonchev–Trinajstić information content (AvgIpc) is 3.19. The Hall–Kier alpha value is -3.07. The number of hydrogen-bond acceptors (Lipinski definition) is 7. The zero-order chi connectivity index (χ0) is 20.3. The van der Waals surface area contributed by atoms with Crippen molar-refractivity contribution in [2.45, 2.75) is 18.6 Å². The molecular weight excluding hydrogens is 390 g/mol. The predicted molar refractivity (Wildman–Crippen MR) is 110 cm³/mol. The summed E-state index contributed by atoms with van der Waals surface area (Å²) >= 11 is 1.30. The topological polar surface area (TPSA) is 91.2 Å². The number of amides is 1. The van der Waals surface area contributed by atoms with Gasteiger partial charge in [-0.2, -0.15) is 0 Å². The summed E-state index contributed by atoms with van der Waals surface area (Å²) in [7, 11) is 0. The SMILES string of the molecule is CCOc1ccc(OCCNC(=O)CSc2nnnn2Cc2ccccc2)cc1. The lowest BCUT2D eigenvalue weighted by molar-refractivity contribution is -0.118. The van der Waals surface area contributed by atoms with E-state index in [2.05, 4.69) is 20.8 Å². The molecule has 0 spiro atoms. The van der Waals surface area contributed by atoms with Crippen LogP contribution in [-0.2, 0) is 11.3 Å². The fourth-order valence-electron chi connectivity index (χ4n) is 2.49. The molecule has 9 heteroatoms. The average molecular weight is 414 g/mol. The molecule has 29 heavy (non-hydrogen) atoms. The molecule has 3 aromatic rings. The monoisotopic (exact) mass is 413 g/mol. The Morgan fingerprint density at radius 2 is 1.79 bits per heavy atom. The summed E-state index contributed by atoms with van der Waals surface area (Å²) in [6.07, 6.45) is 0. The Bertz CT molecular complexity index is 887. The molecule has 0 saturated carbocycles. The number of hydrogen-bond donors (Lipinski definition) is 1. The third kappa shape index (κ3) is 6.79. The van der Waals surface area contributed by atoms with E-state index in [1.165, 1.54) is 11.8 Å². The smallest absolute Gasteiger partial charge is 0.230 e. The van der Waals surface area contributed by atoms with E-state index in [0.717, 1.165) is 17.1 Å². The minimum absolute atomic E-state index is 0.0976. The highest BCUT2D eigenvalue weighted by Crippen LogP contribution is 2.17. The number of tetrazole rings is 1. The molecule has 0 aliphatic heterocycles. The molecule has 1 amide bonds. The predicted octanol–water partition coefficient (Wildman–Crippen LogP) is 2.41. The lowest BCUT2D eigenvalue weighted by Crippen LogP contribution is -2.29. The number of nitrogens with zero attached hydrogens (tertiary/aromatic N) is 4. The van der Waals surface area contributed by atoms with E-state index < -0.39 is 0 Å². The van der Waals surface area contributed by atoms with E-state index in [4.69, 9.17) is 9.47 Å². The van der Waals surface area contributed by atoms with Gasteiger partial charge in [-0.15, -0.1) is 5.10 Å². The quantitative estimate of drug-likeness (QED) is 0.381. The van der Waals surface area contributed by atoms with Crippen molar-refractivity contribution in [3.63, 3.8) is 0 Å². The van der Waals surface area contributed by atoms with Gasteiger partial charge in [0.15, 0.2) is 0 Å². The molecule has 2 aromatic carbocycles. The maximum absolute atomic E-state index is 12.1. The van der Waals surface area contributed by atoms with Crippen molar-refractivity contribution in [2.75, 3.05) is 25.5 Å². The summed E-state index contributed by atoms with van der Waals surface area (Å²) in [5.74, 6) is 1.68. The zero-order valence-electron chi connectivity index (χ0n) is 16.2. The van der Waals surface area contributed by atoms with Crippen molar-refractivity contribution in [3.8, 4) is 11.5 Å². The molecule has 0 fully saturated rings. The molecule has 8 nitrogen and oxygen atoms in total. The van der Waals surface area contributed by atoms with Crippen molar-refractivity contribution in [2.24, 2.45) is 0 Å². The second kappa shape index (κ2) is 11.1. The van der Waals surface area contributed by atoms with Crippen LogP contribution in [0.4, 0.5) is 0 Å². The lowest BCUT2D eigenvalue weighted by Gasteiger charge is -2.09. The molecule has 1 N–H and O–H groups in total. The maximum atomic E-state index is 12.1. The van der Waals surface area contributed by atoms with Crippen LogP contribution in [0.1, 0.15) is 12.5 Å². The van der Waals surface area contributed by atoms with Crippen molar-refractivity contribution in [3.05, 3.63) is 60.2 Å². The van der Waals surface area contributed by atoms with Gasteiger partial charge in [-0.25, -0.2) is 4.68 Å². The summed E-state index contributed by atoms with van der Waals surface area (Å²) in [4.78, 5) is 12.1. The largest absolute Gasteiger partial charge is 0.494 e. The molecule has 0 saturated heterocycles. The summed E-state index contributed by atoms with van der Waals surface area (Å²) in [6.45, 7) is 3.93. The van der Waals surface area contributed by atoms with E-state index in [9.17, 15) is 4.79 Å². The van der Waals surface area contributed by atoms with E-state index in [-0.39, 0.29) is 11.7 Å². The van der Waals surface area contributed by atoms with Gasteiger partial charge in [-0.05, 0) is 47.2 Å². The number of carbonyl (C=O) groups excluding carboxylic acids is 1. The summed E-state index contributed by atoms with van der Waals surface area (Å²) in [5, 5.41) is 15.1. The van der Waals surface area contributed by atoms with Crippen LogP contribution in [0.5, 0.6) is 11.5 Å². The number of nitrogens with one attached hydrogen (secondary N) is 1. The number of benzene rings is 2. The first-order chi connectivity index (χ1) is 14.2. The fraction of sp³-hybridized carbons (Fsp3) is 0.300. The van der Waals surface area contributed by atoms with Crippen LogP contribution in [0.15, 0.2) is 59.8 Å². The third-order valence-electron chi connectivity index (χ3n) is 3.83. The van der Waals surface area contributed by atoms with Crippen LogP contribution < -0.4 is 14.8 Å². The minimum atomic E-state index is -0.0976. The fourth-order valence-corrected chi connectivity index (χ4v) is 3.20. The van der Waals surface area contributed by atoms with Crippen LogP contribution in [0, 0.1) is 0 Å². The van der Waals surface area contributed by atoms with Crippen LogP contribution in [-0.4, -0.2) is 51.6 Å². The second-order valence-electron chi connectivity index (χ2n) is 6.00. The van der Waals surface area contributed by atoms with E-state index in [1.807, 2.05) is 61.5 Å². The Morgan fingerprint density at radius 3 is 2.52 bits per heavy atom. The molecular formula is C20H23N5O3S. The Balaban J connectivity index is 1.36. The molecule has 0 unspecified atom stereocenters. The highest BCUT2D eigenvalue weighted by Gasteiger charge is 2.10. The Labute approximate surface area is 173 Å². The maximum Gasteiger partial charge on any atom is 0.230 e. The van der Waals surface area contributed by atoms with Gasteiger partial charge >= 0.3 is 0 Å². The molecule has 1 heterocycles. The van der Waals surface area contributed by atoms with Crippen LogP contribution in [0.2, 0.25) is 0 Å². The summed E-state index contributed by atoms with van der Waals surface area (Å²) in [6, 6.07) is 17.3. The van der Waals surface area contributed by atoms with Gasteiger partial charge in [-0.1, -0.05) is 42.1 Å². The van der Waals surface area contributed by atoms with Gasteiger partial charge in [0.1, 0.15) is 18.1 Å². The van der Waals surface area contributed by atoms with Crippen molar-refractivity contribution in [1.29, 1.82) is 0 Å². The van der Waals surface area contributed by atoms with Crippen LogP contribution >= 0.6 is 11.8 Å². The first-order valence-corrected chi connectivity index (χ1v) is 10.3. The molecule has 0 bridgehead atoms. The van der Waals surface area contributed by atoms with Crippen molar-refractivity contribution in [1.82, 2.24) is 25.5 Å². The van der Waals surface area contributed by atoms with Crippen molar-refractivity contribution >= 4 is 17.7 Å². The zero-order valence-corrected chi connectivity index (χ0v) is 17.0. The van der Waals surface area contributed by atoms with Gasteiger partial charge in [0.25, 0.3) is 0 Å². The first-order valence-electron chi connectivity index (χ1n) is 9.30. The second-order valence-corrected chi connectivity index (χ2v) is 6.94. The minimum Gasteiger partial charge on any atom is -0.494 e. The van der Waals surface area contributed by atoms with Gasteiger partial charge < -0.3 is 14.8 Å². The summed E-state index contributed by atoms with van der Waals surface area (Å²) in [5.41, 5.74) is 1.09. The van der Waals surface area contributed by atoms with Crippen molar-refractivity contribution < 1.29 is 14.3 Å². The summed E-state index contributed by atoms with van der Waals surface area (Å²) < 4.78 is 12.7. The normalized spacial score (nSPS) is 10.5. The number of thioether (sulfide) groups is 1. The molecule has 1 aromatic heterocycles. The number of rotatable bonds is 11. The van der Waals surface area contributed by atoms with Crippen LogP contribution in [0.3, 0.4) is 0 Å². The number of aromatic nitrogens is 4. The van der Waals surface area contributed by atoms with Gasteiger partial charge in [-0.3, -0.25) is 4.79 Å². The lowest BCUT2D eigenvalue weighted by atomic mass is 10.2. The standard InChI is InChI=1S/C20H23N5O3S/c1-2-27-17-8-10-18(11-9-17)28-13-12-21-19(26)15-29-20-22-23-24-25(20)14-16-6-4-3-5-7-16/h3-11H,2,12-15H2,1H3,(H,21,26). The number of carbonyl (C=O) groups is 1. The molecule has 152 valence electrons. The molecule has 0 aliphatic rings. The highest BCUT2D eigenvalue weighted by atomic mass is 32.2. The number of ether oxygens (including phenoxy) is 2. The van der Waals surface area contributed by atoms with E-state index in [1.54, 1.807) is 4.68 Å². The van der Waals surface area contributed by atoms with Gasteiger partial charge in [0.05, 0.1) is 25.4 Å². The molecule has 0 aliphatic carbocycles.